The third kappa shape index (κ3) is 9.05. The van der Waals surface area contributed by atoms with E-state index in [1.807, 2.05) is 60.7 Å². The SMILES string of the molecule is O=C(Nc1ccc(-c2ccc(NC(=O)Nc3cccc(OS(=O)(=O)c4cccc5ccccc45)c3)cc2)cc1)Nc1cccc(OS(=O)(=O)c2cccc3ccccc23)c1. The number of urea groups is 2. The maximum absolute atomic E-state index is 13.2. The molecule has 0 fully saturated rings. The topological polar surface area (TPSA) is 169 Å². The van der Waals surface area contributed by atoms with Gasteiger partial charge in [0.25, 0.3) is 0 Å². The summed E-state index contributed by atoms with van der Waals surface area (Å²) in [5.41, 5.74) is 3.37. The molecule has 0 unspecified atom stereocenters. The number of hydrogen-bond acceptors (Lipinski definition) is 8. The Balaban J connectivity index is 0.839. The van der Waals surface area contributed by atoms with Gasteiger partial charge in [0, 0.05) is 45.7 Å². The summed E-state index contributed by atoms with van der Waals surface area (Å²) in [5, 5.41) is 13.5. The molecule has 0 aliphatic rings. The van der Waals surface area contributed by atoms with Crippen LogP contribution in [0.5, 0.6) is 11.5 Å². The van der Waals surface area contributed by atoms with Crippen molar-refractivity contribution >= 4 is 76.6 Å². The molecule has 4 amide bonds. The van der Waals surface area contributed by atoms with Crippen molar-refractivity contribution in [1.29, 1.82) is 0 Å². The summed E-state index contributed by atoms with van der Waals surface area (Å²) in [6.07, 6.45) is 0. The second-order valence-corrected chi connectivity index (χ2v) is 16.4. The molecule has 12 nitrogen and oxygen atoms in total. The lowest BCUT2D eigenvalue weighted by molar-refractivity contribution is 0.261. The first-order chi connectivity index (χ1) is 29.0. The summed E-state index contributed by atoms with van der Waals surface area (Å²) in [7, 11) is -8.33. The van der Waals surface area contributed by atoms with Gasteiger partial charge in [0.05, 0.1) is 0 Å². The fraction of sp³-hybridized carbons (Fsp3) is 0. The quantitative estimate of drug-likeness (QED) is 0.0934. The van der Waals surface area contributed by atoms with Gasteiger partial charge in [0.2, 0.25) is 0 Å². The second-order valence-electron chi connectivity index (χ2n) is 13.4. The molecule has 298 valence electrons. The number of carbonyl (C=O) groups excluding carboxylic acids is 2. The van der Waals surface area contributed by atoms with Gasteiger partial charge < -0.3 is 29.6 Å². The number of benzene rings is 8. The smallest absolute Gasteiger partial charge is 0.339 e. The highest BCUT2D eigenvalue weighted by Gasteiger charge is 2.21. The molecule has 0 saturated carbocycles. The van der Waals surface area contributed by atoms with Gasteiger partial charge in [-0.1, -0.05) is 109 Å². The molecule has 8 aromatic rings. The Morgan fingerprint density at radius 3 is 1.13 bits per heavy atom. The third-order valence-corrected chi connectivity index (χ3v) is 11.9. The first kappa shape index (κ1) is 39.2. The molecule has 8 rings (SSSR count). The van der Waals surface area contributed by atoms with Gasteiger partial charge in [-0.25, -0.2) is 9.59 Å². The van der Waals surface area contributed by atoms with E-state index in [-0.39, 0.29) is 21.3 Å². The molecule has 14 heteroatoms. The van der Waals surface area contributed by atoms with Crippen LogP contribution in [-0.4, -0.2) is 28.9 Å². The van der Waals surface area contributed by atoms with E-state index in [1.54, 1.807) is 84.9 Å². The van der Waals surface area contributed by atoms with Gasteiger partial charge in [0.15, 0.2) is 0 Å². The van der Waals surface area contributed by atoms with E-state index in [0.717, 1.165) is 21.9 Å². The van der Waals surface area contributed by atoms with Crippen LogP contribution in [0.2, 0.25) is 0 Å². The summed E-state index contributed by atoms with van der Waals surface area (Å²) in [5.74, 6) is 0.0751. The molecule has 60 heavy (non-hydrogen) atoms. The summed E-state index contributed by atoms with van der Waals surface area (Å²) >= 11 is 0. The fourth-order valence-corrected chi connectivity index (χ4v) is 8.80. The lowest BCUT2D eigenvalue weighted by Gasteiger charge is -2.12. The van der Waals surface area contributed by atoms with Crippen LogP contribution in [0.25, 0.3) is 32.7 Å². The molecule has 0 spiro atoms. The molecule has 0 heterocycles. The average molecular weight is 835 g/mol. The predicted molar refractivity (Wildman–Crippen MR) is 234 cm³/mol. The molecule has 0 radical (unpaired) electrons. The highest BCUT2D eigenvalue weighted by molar-refractivity contribution is 7.87. The summed E-state index contributed by atoms with van der Waals surface area (Å²) < 4.78 is 63.6. The predicted octanol–water partition coefficient (Wildman–Crippen LogP) is 10.5. The lowest BCUT2D eigenvalue weighted by Crippen LogP contribution is -2.19. The van der Waals surface area contributed by atoms with Crippen molar-refractivity contribution < 1.29 is 34.8 Å². The van der Waals surface area contributed by atoms with Crippen molar-refractivity contribution in [3.05, 3.63) is 182 Å². The standard InChI is InChI=1S/C46H34N4O8S2/c51-45(49-37-13-7-15-39(29-37)57-59(53,54)43-19-5-11-33-9-1-3-17-41(33)43)47-35-25-21-31(22-26-35)32-23-27-36(28-24-32)48-46(52)50-38-14-8-16-40(30-38)58-60(55,56)44-20-6-12-34-10-2-4-18-42(34)44/h1-30H,(H2,47,49,51)(H2,48,50,52). The van der Waals surface area contributed by atoms with E-state index >= 15 is 0 Å². The fourth-order valence-electron chi connectivity index (χ4n) is 6.50. The second kappa shape index (κ2) is 16.7. The van der Waals surface area contributed by atoms with Gasteiger partial charge in [-0.2, -0.15) is 16.8 Å². The van der Waals surface area contributed by atoms with Gasteiger partial charge in [-0.05, 0) is 82.6 Å². The zero-order valence-electron chi connectivity index (χ0n) is 31.4. The average Bonchev–Trinajstić information content (AvgIpc) is 3.23. The Labute approximate surface area is 345 Å². The van der Waals surface area contributed by atoms with Crippen molar-refractivity contribution in [2.75, 3.05) is 21.3 Å². The number of amides is 4. The number of hydrogen-bond donors (Lipinski definition) is 4. The zero-order valence-corrected chi connectivity index (χ0v) is 33.0. The molecule has 0 aliphatic carbocycles. The summed E-state index contributed by atoms with van der Waals surface area (Å²) in [4.78, 5) is 25.8. The Bertz CT molecular complexity index is 2900. The normalized spacial score (nSPS) is 11.4. The molecule has 4 N–H and O–H groups in total. The van der Waals surface area contributed by atoms with Gasteiger partial charge >= 0.3 is 32.3 Å². The van der Waals surface area contributed by atoms with E-state index in [9.17, 15) is 26.4 Å². The van der Waals surface area contributed by atoms with Crippen LogP contribution in [0.4, 0.5) is 32.3 Å². The van der Waals surface area contributed by atoms with Gasteiger partial charge in [-0.15, -0.1) is 0 Å². The molecule has 8 aromatic carbocycles. The van der Waals surface area contributed by atoms with E-state index in [4.69, 9.17) is 8.37 Å². The largest absolute Gasteiger partial charge is 0.379 e. The molecule has 0 aliphatic heterocycles. The monoisotopic (exact) mass is 834 g/mol. The Morgan fingerprint density at radius 1 is 0.367 bits per heavy atom. The van der Waals surface area contributed by atoms with E-state index < -0.39 is 32.3 Å². The minimum absolute atomic E-state index is 0.0376. The highest BCUT2D eigenvalue weighted by Crippen LogP contribution is 2.30. The van der Waals surface area contributed by atoms with Gasteiger partial charge in [0.1, 0.15) is 21.3 Å². The molecular weight excluding hydrogens is 801 g/mol. The van der Waals surface area contributed by atoms with E-state index in [2.05, 4.69) is 21.3 Å². The zero-order chi connectivity index (χ0) is 41.7. The molecule has 0 aromatic heterocycles. The number of carbonyl (C=O) groups is 2. The third-order valence-electron chi connectivity index (χ3n) is 9.25. The maximum atomic E-state index is 13.2. The van der Waals surface area contributed by atoms with Crippen molar-refractivity contribution in [2.45, 2.75) is 9.79 Å². The summed E-state index contributed by atoms with van der Waals surface area (Å²) in [6.45, 7) is 0. The number of fused-ring (bicyclic) bond motifs is 2. The van der Waals surface area contributed by atoms with Crippen LogP contribution in [0.3, 0.4) is 0 Å². The van der Waals surface area contributed by atoms with Crippen LogP contribution in [0, 0.1) is 0 Å². The Morgan fingerprint density at radius 2 is 0.717 bits per heavy atom. The van der Waals surface area contributed by atoms with E-state index in [1.165, 1.54) is 36.4 Å². The van der Waals surface area contributed by atoms with Crippen molar-refractivity contribution in [2.24, 2.45) is 0 Å². The number of rotatable bonds is 11. The van der Waals surface area contributed by atoms with Gasteiger partial charge in [-0.3, -0.25) is 0 Å². The van der Waals surface area contributed by atoms with Crippen LogP contribution in [0.15, 0.2) is 192 Å². The Kier molecular flexibility index (Phi) is 10.9. The minimum Gasteiger partial charge on any atom is -0.379 e. The number of nitrogens with one attached hydrogen (secondary N) is 4. The lowest BCUT2D eigenvalue weighted by atomic mass is 10.1. The summed E-state index contributed by atoms with van der Waals surface area (Å²) in [6, 6.07) is 49.5. The molecule has 0 bridgehead atoms. The first-order valence-corrected chi connectivity index (χ1v) is 21.2. The van der Waals surface area contributed by atoms with Crippen LogP contribution in [-0.2, 0) is 20.2 Å². The molecular formula is C46H34N4O8S2. The van der Waals surface area contributed by atoms with Crippen molar-refractivity contribution in [1.82, 2.24) is 0 Å². The van der Waals surface area contributed by atoms with Crippen LogP contribution >= 0.6 is 0 Å². The minimum atomic E-state index is -4.17. The Hall–Kier alpha value is -7.68. The van der Waals surface area contributed by atoms with Crippen molar-refractivity contribution in [3.8, 4) is 22.6 Å². The molecule has 0 atom stereocenters. The maximum Gasteiger partial charge on any atom is 0.339 e. The highest BCUT2D eigenvalue weighted by atomic mass is 32.2. The number of anilines is 4. The molecule has 0 saturated heterocycles. The van der Waals surface area contributed by atoms with E-state index in [0.29, 0.717) is 33.5 Å². The first-order valence-electron chi connectivity index (χ1n) is 18.4. The van der Waals surface area contributed by atoms with Crippen LogP contribution in [0.1, 0.15) is 0 Å². The van der Waals surface area contributed by atoms with Crippen molar-refractivity contribution in [3.63, 3.8) is 0 Å². The van der Waals surface area contributed by atoms with Crippen LogP contribution < -0.4 is 29.6 Å².